The number of amides is 1. The molecular weight excluding hydrogens is 316 g/mol. The van der Waals surface area contributed by atoms with Crippen LogP contribution in [0.5, 0.6) is 0 Å². The van der Waals surface area contributed by atoms with Gasteiger partial charge in [-0.15, -0.1) is 11.8 Å². The topological polar surface area (TPSA) is 97.5 Å². The fourth-order valence-electron chi connectivity index (χ4n) is 1.68. The molecule has 0 saturated carbocycles. The normalized spacial score (nSPS) is 10.6. The first-order valence-electron chi connectivity index (χ1n) is 6.69. The van der Waals surface area contributed by atoms with Crippen molar-refractivity contribution in [3.05, 3.63) is 70.0 Å². The first-order valence-corrected chi connectivity index (χ1v) is 7.84. The van der Waals surface area contributed by atoms with Crippen molar-refractivity contribution in [1.82, 2.24) is 10.4 Å². The fourth-order valence-corrected chi connectivity index (χ4v) is 2.44. The second kappa shape index (κ2) is 8.64. The summed E-state index contributed by atoms with van der Waals surface area (Å²) in [5.41, 5.74) is 3.91. The molecule has 0 unspecified atom stereocenters. The van der Waals surface area contributed by atoms with Crippen molar-refractivity contribution in [1.29, 1.82) is 0 Å². The van der Waals surface area contributed by atoms with Crippen molar-refractivity contribution < 1.29 is 9.72 Å². The number of aromatic nitrogens is 1. The molecule has 0 spiro atoms. The molecule has 1 amide bonds. The van der Waals surface area contributed by atoms with E-state index in [4.69, 9.17) is 0 Å². The Bertz CT molecular complexity index is 707. The number of hydrogen-bond acceptors (Lipinski definition) is 6. The highest BCUT2D eigenvalue weighted by Crippen LogP contribution is 2.17. The Labute approximate surface area is 137 Å². The standard InChI is InChI=1S/C15H14N4O3S/c20-15(18-17-9-13-5-1-2-7-16-13)11-23-10-12-4-3-6-14(8-12)19(21)22/h1-9H,10-11H2,(H,18,20)/b17-9-. The molecule has 0 bridgehead atoms. The van der Waals surface area contributed by atoms with Crippen LogP contribution in [0.25, 0.3) is 0 Å². The molecule has 7 nitrogen and oxygen atoms in total. The molecule has 1 aromatic heterocycles. The maximum atomic E-state index is 11.6. The van der Waals surface area contributed by atoms with E-state index < -0.39 is 4.92 Å². The minimum Gasteiger partial charge on any atom is -0.272 e. The van der Waals surface area contributed by atoms with E-state index in [0.29, 0.717) is 11.4 Å². The summed E-state index contributed by atoms with van der Waals surface area (Å²) in [6.45, 7) is 0. The largest absolute Gasteiger partial charge is 0.272 e. The van der Waals surface area contributed by atoms with Gasteiger partial charge >= 0.3 is 0 Å². The second-order valence-electron chi connectivity index (χ2n) is 4.47. The van der Waals surface area contributed by atoms with E-state index in [1.807, 2.05) is 6.07 Å². The number of hydrogen-bond donors (Lipinski definition) is 1. The summed E-state index contributed by atoms with van der Waals surface area (Å²) in [7, 11) is 0. The molecule has 23 heavy (non-hydrogen) atoms. The summed E-state index contributed by atoms with van der Waals surface area (Å²) in [4.78, 5) is 25.9. The van der Waals surface area contributed by atoms with E-state index in [-0.39, 0.29) is 17.3 Å². The zero-order chi connectivity index (χ0) is 16.5. The van der Waals surface area contributed by atoms with Gasteiger partial charge in [-0.3, -0.25) is 19.9 Å². The number of rotatable bonds is 7. The fraction of sp³-hybridized carbons (Fsp3) is 0.133. The Hall–Kier alpha value is -2.74. The number of nitro benzene ring substituents is 1. The van der Waals surface area contributed by atoms with Gasteiger partial charge in [0.1, 0.15) is 0 Å². The van der Waals surface area contributed by atoms with Gasteiger partial charge in [-0.2, -0.15) is 5.10 Å². The van der Waals surface area contributed by atoms with Gasteiger partial charge < -0.3 is 0 Å². The summed E-state index contributed by atoms with van der Waals surface area (Å²) in [6.07, 6.45) is 3.10. The van der Waals surface area contributed by atoms with Crippen LogP contribution in [-0.4, -0.2) is 27.8 Å². The van der Waals surface area contributed by atoms with Gasteiger partial charge in [0.2, 0.25) is 5.91 Å². The number of nitro groups is 1. The molecule has 1 aromatic carbocycles. The van der Waals surface area contributed by atoms with Gasteiger partial charge in [0.05, 0.1) is 22.6 Å². The molecular formula is C15H14N4O3S. The first kappa shape index (κ1) is 16.6. The van der Waals surface area contributed by atoms with Gasteiger partial charge in [0.25, 0.3) is 5.69 Å². The second-order valence-corrected chi connectivity index (χ2v) is 5.45. The van der Waals surface area contributed by atoms with Crippen molar-refractivity contribution in [2.75, 3.05) is 5.75 Å². The summed E-state index contributed by atoms with van der Waals surface area (Å²) < 4.78 is 0. The van der Waals surface area contributed by atoms with E-state index in [2.05, 4.69) is 15.5 Å². The Morgan fingerprint density at radius 1 is 1.35 bits per heavy atom. The van der Waals surface area contributed by atoms with Crippen LogP contribution in [0.3, 0.4) is 0 Å². The predicted molar refractivity (Wildman–Crippen MR) is 89.2 cm³/mol. The highest BCUT2D eigenvalue weighted by Gasteiger charge is 2.06. The zero-order valence-corrected chi connectivity index (χ0v) is 12.9. The van der Waals surface area contributed by atoms with Gasteiger partial charge in [-0.1, -0.05) is 18.2 Å². The van der Waals surface area contributed by atoms with Crippen LogP contribution in [0.1, 0.15) is 11.3 Å². The first-order chi connectivity index (χ1) is 11.1. The van der Waals surface area contributed by atoms with E-state index in [9.17, 15) is 14.9 Å². The molecule has 2 rings (SSSR count). The minimum atomic E-state index is -0.437. The molecule has 0 atom stereocenters. The Kier molecular flexibility index (Phi) is 6.25. The van der Waals surface area contributed by atoms with Crippen LogP contribution >= 0.6 is 11.8 Å². The van der Waals surface area contributed by atoms with E-state index in [1.165, 1.54) is 30.1 Å². The Morgan fingerprint density at radius 2 is 2.22 bits per heavy atom. The van der Waals surface area contributed by atoms with Crippen LogP contribution in [0.2, 0.25) is 0 Å². The summed E-state index contributed by atoms with van der Waals surface area (Å²) in [6, 6.07) is 11.7. The highest BCUT2D eigenvalue weighted by atomic mass is 32.2. The molecule has 2 aromatic rings. The molecule has 0 fully saturated rings. The Balaban J connectivity index is 1.73. The monoisotopic (exact) mass is 330 g/mol. The third-order valence-corrected chi connectivity index (χ3v) is 3.70. The number of nitrogens with zero attached hydrogens (tertiary/aromatic N) is 3. The molecule has 1 N–H and O–H groups in total. The predicted octanol–water partition coefficient (Wildman–Crippen LogP) is 2.37. The van der Waals surface area contributed by atoms with Crippen LogP contribution in [-0.2, 0) is 10.5 Å². The smallest absolute Gasteiger partial charge is 0.269 e. The van der Waals surface area contributed by atoms with Crippen LogP contribution in [0.4, 0.5) is 5.69 Å². The molecule has 0 radical (unpaired) electrons. The summed E-state index contributed by atoms with van der Waals surface area (Å²) in [5, 5.41) is 14.5. The van der Waals surface area contributed by atoms with Crippen LogP contribution in [0, 0.1) is 10.1 Å². The number of thioether (sulfide) groups is 1. The van der Waals surface area contributed by atoms with Crippen molar-refractivity contribution in [2.24, 2.45) is 5.10 Å². The molecule has 1 heterocycles. The molecule has 0 saturated heterocycles. The number of benzene rings is 1. The lowest BCUT2D eigenvalue weighted by atomic mass is 10.2. The van der Waals surface area contributed by atoms with Gasteiger partial charge in [-0.05, 0) is 17.7 Å². The zero-order valence-electron chi connectivity index (χ0n) is 12.1. The number of pyridine rings is 1. The maximum absolute atomic E-state index is 11.6. The SMILES string of the molecule is O=C(CSCc1cccc([N+](=O)[O-])c1)N/N=C\c1ccccn1. The van der Waals surface area contributed by atoms with E-state index in [1.54, 1.807) is 30.5 Å². The third kappa shape index (κ3) is 5.87. The van der Waals surface area contributed by atoms with E-state index in [0.717, 1.165) is 5.56 Å². The van der Waals surface area contributed by atoms with Crippen molar-refractivity contribution >= 4 is 29.6 Å². The van der Waals surface area contributed by atoms with Gasteiger partial charge in [0.15, 0.2) is 0 Å². The lowest BCUT2D eigenvalue weighted by Crippen LogP contribution is -2.19. The van der Waals surface area contributed by atoms with Crippen molar-refractivity contribution in [3.63, 3.8) is 0 Å². The molecule has 118 valence electrons. The number of carbonyl (C=O) groups excluding carboxylic acids is 1. The lowest BCUT2D eigenvalue weighted by molar-refractivity contribution is -0.384. The lowest BCUT2D eigenvalue weighted by Gasteiger charge is -2.01. The average molecular weight is 330 g/mol. The van der Waals surface area contributed by atoms with Crippen LogP contribution < -0.4 is 5.43 Å². The number of hydrazone groups is 1. The number of nitrogens with one attached hydrogen (secondary N) is 1. The van der Waals surface area contributed by atoms with Gasteiger partial charge in [-0.25, -0.2) is 5.43 Å². The molecule has 0 aliphatic heterocycles. The number of non-ortho nitro benzene ring substituents is 1. The molecule has 0 aliphatic rings. The minimum absolute atomic E-state index is 0.0486. The highest BCUT2D eigenvalue weighted by molar-refractivity contribution is 7.99. The maximum Gasteiger partial charge on any atom is 0.269 e. The Morgan fingerprint density at radius 3 is 2.96 bits per heavy atom. The summed E-state index contributed by atoms with van der Waals surface area (Å²) >= 11 is 1.36. The van der Waals surface area contributed by atoms with Crippen molar-refractivity contribution in [3.8, 4) is 0 Å². The quantitative estimate of drug-likeness (QED) is 0.477. The van der Waals surface area contributed by atoms with Gasteiger partial charge in [0, 0.05) is 24.1 Å². The van der Waals surface area contributed by atoms with E-state index >= 15 is 0 Å². The summed E-state index contributed by atoms with van der Waals surface area (Å²) in [5.74, 6) is 0.481. The third-order valence-electron chi connectivity index (χ3n) is 2.70. The number of carbonyl (C=O) groups is 1. The molecule has 8 heteroatoms. The van der Waals surface area contributed by atoms with Crippen molar-refractivity contribution in [2.45, 2.75) is 5.75 Å². The van der Waals surface area contributed by atoms with Crippen LogP contribution in [0.15, 0.2) is 53.8 Å². The average Bonchev–Trinajstić information content (AvgIpc) is 2.56. The molecule has 0 aliphatic carbocycles.